The highest BCUT2D eigenvalue weighted by atomic mass is 127. The maximum absolute atomic E-state index is 10.2. The molecule has 2 unspecified atom stereocenters. The highest BCUT2D eigenvalue weighted by Crippen LogP contribution is 2.26. The highest BCUT2D eigenvalue weighted by molar-refractivity contribution is 14.0. The minimum Gasteiger partial charge on any atom is -0.493 e. The molecule has 0 aliphatic rings. The van der Waals surface area contributed by atoms with E-state index in [0.29, 0.717) is 30.5 Å². The predicted octanol–water partition coefficient (Wildman–Crippen LogP) is 3.38. The number of ether oxygens (including phenoxy) is 3. The Balaban J connectivity index is 0.00000480. The van der Waals surface area contributed by atoms with E-state index in [1.165, 1.54) is 0 Å². The van der Waals surface area contributed by atoms with E-state index in [1.807, 2.05) is 69.3 Å². The summed E-state index contributed by atoms with van der Waals surface area (Å²) in [4.78, 5) is 4.44. The molecule has 0 bridgehead atoms. The summed E-state index contributed by atoms with van der Waals surface area (Å²) in [6.07, 6.45) is -0.817. The van der Waals surface area contributed by atoms with Gasteiger partial charge in [-0.05, 0) is 50.6 Å². The van der Waals surface area contributed by atoms with Gasteiger partial charge in [0, 0.05) is 6.54 Å². The van der Waals surface area contributed by atoms with Gasteiger partial charge in [0.25, 0.3) is 0 Å². The summed E-state index contributed by atoms with van der Waals surface area (Å²) in [6, 6.07) is 15.3. The molecule has 2 atom stereocenters. The zero-order chi connectivity index (χ0) is 21.8. The fourth-order valence-corrected chi connectivity index (χ4v) is 2.70. The molecule has 0 aliphatic heterocycles. The number of aliphatic hydroxyl groups excluding tert-OH is 1. The van der Waals surface area contributed by atoms with E-state index in [2.05, 4.69) is 15.6 Å². The van der Waals surface area contributed by atoms with E-state index < -0.39 is 6.10 Å². The van der Waals surface area contributed by atoms with Crippen LogP contribution < -0.4 is 24.8 Å². The van der Waals surface area contributed by atoms with Crippen molar-refractivity contribution in [2.24, 2.45) is 4.99 Å². The van der Waals surface area contributed by atoms with Crippen LogP contribution in [-0.2, 0) is 0 Å². The van der Waals surface area contributed by atoms with Crippen molar-refractivity contribution in [3.8, 4) is 17.2 Å². The third-order valence-corrected chi connectivity index (χ3v) is 4.19. The normalized spacial score (nSPS) is 12.9. The second-order valence-corrected chi connectivity index (χ2v) is 6.96. The van der Waals surface area contributed by atoms with Gasteiger partial charge < -0.3 is 30.0 Å². The van der Waals surface area contributed by atoms with Gasteiger partial charge in [-0.15, -0.1) is 24.0 Å². The van der Waals surface area contributed by atoms with Crippen LogP contribution in [0.5, 0.6) is 17.2 Å². The van der Waals surface area contributed by atoms with Crippen molar-refractivity contribution < 1.29 is 19.3 Å². The zero-order valence-electron chi connectivity index (χ0n) is 18.6. The third kappa shape index (κ3) is 10.1. The van der Waals surface area contributed by atoms with Gasteiger partial charge in [-0.2, -0.15) is 0 Å². The van der Waals surface area contributed by atoms with Crippen molar-refractivity contribution in [1.29, 1.82) is 0 Å². The van der Waals surface area contributed by atoms with Crippen molar-refractivity contribution in [2.75, 3.05) is 33.4 Å². The van der Waals surface area contributed by atoms with Gasteiger partial charge in [0.15, 0.2) is 17.5 Å². The summed E-state index contributed by atoms with van der Waals surface area (Å²) >= 11 is 0. The zero-order valence-corrected chi connectivity index (χ0v) is 21.0. The molecule has 2 rings (SSSR count). The Kier molecular flexibility index (Phi) is 12.8. The summed E-state index contributed by atoms with van der Waals surface area (Å²) in [5.74, 6) is 2.74. The molecule has 0 amide bonds. The van der Waals surface area contributed by atoms with Crippen LogP contribution in [0.25, 0.3) is 0 Å². The number of hydrogen-bond acceptors (Lipinski definition) is 5. The predicted molar refractivity (Wildman–Crippen MR) is 135 cm³/mol. The SMILES string of the molecule is CCNC(=NCC(O)COc1cccc(C)c1)NCC(C)Oc1ccccc1OC.I. The molecule has 0 radical (unpaired) electrons. The van der Waals surface area contributed by atoms with Gasteiger partial charge in [-0.1, -0.05) is 24.3 Å². The molecule has 0 fully saturated rings. The van der Waals surface area contributed by atoms with Crippen LogP contribution in [-0.4, -0.2) is 56.6 Å². The minimum absolute atomic E-state index is 0. The Morgan fingerprint density at radius 1 is 1.10 bits per heavy atom. The molecule has 0 saturated heterocycles. The molecule has 0 spiro atoms. The fraction of sp³-hybridized carbons (Fsp3) is 0.435. The van der Waals surface area contributed by atoms with Crippen molar-refractivity contribution >= 4 is 29.9 Å². The number of nitrogens with one attached hydrogen (secondary N) is 2. The summed E-state index contributed by atoms with van der Waals surface area (Å²) in [7, 11) is 1.62. The number of halogens is 1. The van der Waals surface area contributed by atoms with Gasteiger partial charge in [-0.3, -0.25) is 4.99 Å². The van der Waals surface area contributed by atoms with E-state index in [0.717, 1.165) is 11.3 Å². The van der Waals surface area contributed by atoms with E-state index >= 15 is 0 Å². The molecule has 7 nitrogen and oxygen atoms in total. The number of nitrogens with zero attached hydrogens (tertiary/aromatic N) is 1. The Morgan fingerprint density at radius 2 is 1.84 bits per heavy atom. The molecular formula is C23H34IN3O4. The average molecular weight is 543 g/mol. The maximum atomic E-state index is 10.2. The third-order valence-electron chi connectivity index (χ3n) is 4.19. The molecule has 172 valence electrons. The van der Waals surface area contributed by atoms with Crippen LogP contribution in [0.15, 0.2) is 53.5 Å². The van der Waals surface area contributed by atoms with Crippen molar-refractivity contribution in [1.82, 2.24) is 10.6 Å². The molecular weight excluding hydrogens is 509 g/mol. The smallest absolute Gasteiger partial charge is 0.191 e. The molecule has 0 aliphatic carbocycles. The number of rotatable bonds is 11. The molecule has 0 saturated carbocycles. The number of methoxy groups -OCH3 is 1. The fourth-order valence-electron chi connectivity index (χ4n) is 2.70. The Hall–Kier alpha value is -2.20. The lowest BCUT2D eigenvalue weighted by molar-refractivity contribution is 0.114. The Bertz CT molecular complexity index is 804. The first-order chi connectivity index (χ1) is 14.5. The number of aliphatic imine (C=N–C) groups is 1. The van der Waals surface area contributed by atoms with E-state index in [-0.39, 0.29) is 43.2 Å². The van der Waals surface area contributed by atoms with E-state index in [1.54, 1.807) is 7.11 Å². The summed E-state index contributed by atoms with van der Waals surface area (Å²) < 4.78 is 16.9. The molecule has 2 aromatic rings. The van der Waals surface area contributed by atoms with Crippen LogP contribution in [0.1, 0.15) is 19.4 Å². The largest absolute Gasteiger partial charge is 0.493 e. The van der Waals surface area contributed by atoms with Crippen LogP contribution in [0.4, 0.5) is 0 Å². The molecule has 0 heterocycles. The lowest BCUT2D eigenvalue weighted by Crippen LogP contribution is -2.42. The number of benzene rings is 2. The topological polar surface area (TPSA) is 84.3 Å². The Labute approximate surface area is 202 Å². The maximum Gasteiger partial charge on any atom is 0.191 e. The molecule has 3 N–H and O–H groups in total. The number of aliphatic hydroxyl groups is 1. The molecule has 8 heteroatoms. The summed E-state index contributed by atoms with van der Waals surface area (Å²) in [5.41, 5.74) is 1.11. The van der Waals surface area contributed by atoms with Gasteiger partial charge >= 0.3 is 0 Å². The highest BCUT2D eigenvalue weighted by Gasteiger charge is 2.10. The van der Waals surface area contributed by atoms with Gasteiger partial charge in [0.05, 0.1) is 20.2 Å². The number of hydrogen-bond donors (Lipinski definition) is 3. The first-order valence-electron chi connectivity index (χ1n) is 10.2. The van der Waals surface area contributed by atoms with Crippen molar-refractivity contribution in [2.45, 2.75) is 33.0 Å². The monoisotopic (exact) mass is 543 g/mol. The molecule has 0 aromatic heterocycles. The van der Waals surface area contributed by atoms with E-state index in [9.17, 15) is 5.11 Å². The van der Waals surface area contributed by atoms with Crippen LogP contribution >= 0.6 is 24.0 Å². The standard InChI is InChI=1S/C23H33N3O4.HI/c1-5-24-23(25-14-18(3)30-22-12-7-6-11-21(22)28-4)26-15-19(27)16-29-20-10-8-9-17(2)13-20;/h6-13,18-19,27H,5,14-16H2,1-4H3,(H2,24,25,26);1H. The first kappa shape index (κ1) is 26.8. The molecule has 2 aromatic carbocycles. The summed E-state index contributed by atoms with van der Waals surface area (Å²) in [6.45, 7) is 7.61. The lowest BCUT2D eigenvalue weighted by atomic mass is 10.2. The first-order valence-corrected chi connectivity index (χ1v) is 10.2. The van der Waals surface area contributed by atoms with Gasteiger partial charge in [-0.25, -0.2) is 0 Å². The number of aryl methyl sites for hydroxylation is 1. The van der Waals surface area contributed by atoms with Gasteiger partial charge in [0.2, 0.25) is 0 Å². The minimum atomic E-state index is -0.705. The van der Waals surface area contributed by atoms with Crippen LogP contribution in [0.3, 0.4) is 0 Å². The average Bonchev–Trinajstić information content (AvgIpc) is 2.74. The Morgan fingerprint density at radius 3 is 2.52 bits per heavy atom. The second-order valence-electron chi connectivity index (χ2n) is 6.96. The van der Waals surface area contributed by atoms with Gasteiger partial charge in [0.1, 0.15) is 24.6 Å². The quantitative estimate of drug-likeness (QED) is 0.229. The molecule has 31 heavy (non-hydrogen) atoms. The van der Waals surface area contributed by atoms with Crippen LogP contribution in [0.2, 0.25) is 0 Å². The van der Waals surface area contributed by atoms with Crippen LogP contribution in [0, 0.1) is 6.92 Å². The number of guanidine groups is 1. The second kappa shape index (κ2) is 14.7. The van der Waals surface area contributed by atoms with E-state index in [4.69, 9.17) is 14.2 Å². The van der Waals surface area contributed by atoms with Crippen molar-refractivity contribution in [3.63, 3.8) is 0 Å². The van der Waals surface area contributed by atoms with Crippen molar-refractivity contribution in [3.05, 3.63) is 54.1 Å². The summed E-state index contributed by atoms with van der Waals surface area (Å²) in [5, 5.41) is 16.6. The number of para-hydroxylation sites is 2. The lowest BCUT2D eigenvalue weighted by Gasteiger charge is -2.19.